The zero-order chi connectivity index (χ0) is 11.5. The number of hydrogen-bond donors (Lipinski definition) is 1. The Morgan fingerprint density at radius 1 is 1.12 bits per heavy atom. The molecule has 1 saturated heterocycles. The molecule has 17 heavy (non-hydrogen) atoms. The van der Waals surface area contributed by atoms with Crippen LogP contribution in [0.25, 0.3) is 0 Å². The number of fused-ring (bicyclic) bond motifs is 1. The molecule has 3 nitrogen and oxygen atoms in total. The Hall–Kier alpha value is -1.22. The summed E-state index contributed by atoms with van der Waals surface area (Å²) < 4.78 is 5.93. The molecule has 1 N–H and O–H groups in total. The molecular weight excluding hydrogens is 212 g/mol. The number of hydrogen-bond acceptors (Lipinski definition) is 3. The summed E-state index contributed by atoms with van der Waals surface area (Å²) in [5, 5.41) is 3.39. The highest BCUT2D eigenvalue weighted by atomic mass is 16.5. The van der Waals surface area contributed by atoms with Gasteiger partial charge in [-0.05, 0) is 25.3 Å². The van der Waals surface area contributed by atoms with Gasteiger partial charge in [-0.15, -0.1) is 0 Å². The molecule has 0 spiro atoms. The smallest absolute Gasteiger partial charge is 0.147 e. The molecule has 2 heterocycles. The fourth-order valence-electron chi connectivity index (χ4n) is 2.71. The molecule has 1 aromatic carbocycles. The standard InChI is InChI=1S/C14H20N2O/c1-2-8-16(9-3-1)13-6-4-5-12-11-15-7-10-17-14(12)13/h4-6,15H,1-3,7-11H2. The molecule has 1 fully saturated rings. The normalized spacial score (nSPS) is 20.4. The molecule has 2 aliphatic heterocycles. The van der Waals surface area contributed by atoms with Crippen LogP contribution in [0.15, 0.2) is 18.2 Å². The lowest BCUT2D eigenvalue weighted by Crippen LogP contribution is -2.29. The van der Waals surface area contributed by atoms with E-state index >= 15 is 0 Å². The van der Waals surface area contributed by atoms with Crippen molar-refractivity contribution in [2.45, 2.75) is 25.8 Å². The number of benzene rings is 1. The molecule has 0 bridgehead atoms. The van der Waals surface area contributed by atoms with Crippen LogP contribution in [-0.4, -0.2) is 26.2 Å². The van der Waals surface area contributed by atoms with Crippen LogP contribution < -0.4 is 15.0 Å². The Morgan fingerprint density at radius 2 is 2.00 bits per heavy atom. The number of nitrogens with zero attached hydrogens (tertiary/aromatic N) is 1. The van der Waals surface area contributed by atoms with Gasteiger partial charge in [0.1, 0.15) is 12.4 Å². The lowest BCUT2D eigenvalue weighted by Gasteiger charge is -2.30. The highest BCUT2D eigenvalue weighted by molar-refractivity contribution is 5.62. The van der Waals surface area contributed by atoms with Gasteiger partial charge >= 0.3 is 0 Å². The summed E-state index contributed by atoms with van der Waals surface area (Å²) in [7, 11) is 0. The van der Waals surface area contributed by atoms with Crippen LogP contribution >= 0.6 is 0 Å². The van der Waals surface area contributed by atoms with Crippen LogP contribution in [0, 0.1) is 0 Å². The van der Waals surface area contributed by atoms with E-state index in [0.717, 1.165) is 25.4 Å². The summed E-state index contributed by atoms with van der Waals surface area (Å²) >= 11 is 0. The van der Waals surface area contributed by atoms with Crippen molar-refractivity contribution in [2.24, 2.45) is 0 Å². The molecule has 0 radical (unpaired) electrons. The Kier molecular flexibility index (Phi) is 3.18. The molecule has 0 aromatic heterocycles. The van der Waals surface area contributed by atoms with Gasteiger partial charge in [0.05, 0.1) is 5.69 Å². The monoisotopic (exact) mass is 232 g/mol. The van der Waals surface area contributed by atoms with Gasteiger partial charge in [-0.25, -0.2) is 0 Å². The van der Waals surface area contributed by atoms with Crippen molar-refractivity contribution in [2.75, 3.05) is 31.1 Å². The first-order valence-corrected chi connectivity index (χ1v) is 6.65. The van der Waals surface area contributed by atoms with Crippen molar-refractivity contribution < 1.29 is 4.74 Å². The third-order valence-electron chi connectivity index (χ3n) is 3.61. The molecule has 3 heteroatoms. The van der Waals surface area contributed by atoms with Crippen LogP contribution in [0.3, 0.4) is 0 Å². The van der Waals surface area contributed by atoms with E-state index in [1.165, 1.54) is 43.6 Å². The summed E-state index contributed by atoms with van der Waals surface area (Å²) in [6.07, 6.45) is 3.98. The highest BCUT2D eigenvalue weighted by Gasteiger charge is 2.18. The zero-order valence-electron chi connectivity index (χ0n) is 10.2. The van der Waals surface area contributed by atoms with E-state index in [-0.39, 0.29) is 0 Å². The van der Waals surface area contributed by atoms with Crippen molar-refractivity contribution in [1.29, 1.82) is 0 Å². The van der Waals surface area contributed by atoms with Gasteiger partial charge < -0.3 is 15.0 Å². The molecule has 1 aromatic rings. The van der Waals surface area contributed by atoms with Crippen LogP contribution in [0.5, 0.6) is 5.75 Å². The molecule has 2 aliphatic rings. The van der Waals surface area contributed by atoms with E-state index in [0.29, 0.717) is 0 Å². The number of rotatable bonds is 1. The van der Waals surface area contributed by atoms with E-state index in [4.69, 9.17) is 4.74 Å². The van der Waals surface area contributed by atoms with Gasteiger partial charge in [0.15, 0.2) is 0 Å². The first kappa shape index (κ1) is 10.9. The summed E-state index contributed by atoms with van der Waals surface area (Å²) in [6.45, 7) is 4.99. The van der Waals surface area contributed by atoms with E-state index in [1.54, 1.807) is 0 Å². The number of para-hydroxylation sites is 1. The van der Waals surface area contributed by atoms with Crippen molar-refractivity contribution in [3.8, 4) is 5.75 Å². The van der Waals surface area contributed by atoms with Gasteiger partial charge in [0.25, 0.3) is 0 Å². The molecule has 0 aliphatic carbocycles. The molecular formula is C14H20N2O. The highest BCUT2D eigenvalue weighted by Crippen LogP contribution is 2.34. The predicted octanol–water partition coefficient (Wildman–Crippen LogP) is 2.16. The Bertz CT molecular complexity index is 386. The Morgan fingerprint density at radius 3 is 2.88 bits per heavy atom. The predicted molar refractivity (Wildman–Crippen MR) is 69.7 cm³/mol. The number of piperidine rings is 1. The van der Waals surface area contributed by atoms with Crippen LogP contribution in [-0.2, 0) is 6.54 Å². The minimum atomic E-state index is 0.776. The maximum absolute atomic E-state index is 5.93. The third-order valence-corrected chi connectivity index (χ3v) is 3.61. The van der Waals surface area contributed by atoms with Crippen molar-refractivity contribution in [3.63, 3.8) is 0 Å². The molecule has 92 valence electrons. The Labute approximate surface area is 103 Å². The number of ether oxygens (including phenoxy) is 1. The third kappa shape index (κ3) is 2.25. The van der Waals surface area contributed by atoms with Crippen molar-refractivity contribution >= 4 is 5.69 Å². The maximum Gasteiger partial charge on any atom is 0.147 e. The van der Waals surface area contributed by atoms with Gasteiger partial charge in [0.2, 0.25) is 0 Å². The second kappa shape index (κ2) is 4.96. The van der Waals surface area contributed by atoms with E-state index in [1.807, 2.05) is 0 Å². The number of nitrogens with one attached hydrogen (secondary N) is 1. The van der Waals surface area contributed by atoms with Gasteiger partial charge in [-0.3, -0.25) is 0 Å². The fraction of sp³-hybridized carbons (Fsp3) is 0.571. The Balaban J connectivity index is 1.92. The number of anilines is 1. The van der Waals surface area contributed by atoms with Crippen LogP contribution in [0.1, 0.15) is 24.8 Å². The lowest BCUT2D eigenvalue weighted by molar-refractivity contribution is 0.325. The van der Waals surface area contributed by atoms with E-state index < -0.39 is 0 Å². The van der Waals surface area contributed by atoms with E-state index in [2.05, 4.69) is 28.4 Å². The van der Waals surface area contributed by atoms with Crippen molar-refractivity contribution in [3.05, 3.63) is 23.8 Å². The van der Waals surface area contributed by atoms with Gasteiger partial charge in [-0.2, -0.15) is 0 Å². The molecule has 0 amide bonds. The lowest BCUT2D eigenvalue weighted by atomic mass is 10.1. The summed E-state index contributed by atoms with van der Waals surface area (Å²) in [4.78, 5) is 2.48. The molecule has 3 rings (SSSR count). The van der Waals surface area contributed by atoms with Gasteiger partial charge in [-0.1, -0.05) is 12.1 Å². The summed E-state index contributed by atoms with van der Waals surface area (Å²) in [6, 6.07) is 6.52. The average Bonchev–Trinajstić information content (AvgIpc) is 2.64. The quantitative estimate of drug-likeness (QED) is 0.803. The maximum atomic E-state index is 5.93. The first-order valence-electron chi connectivity index (χ1n) is 6.65. The SMILES string of the molecule is c1cc2c(c(N3CCCCC3)c1)OCCNC2. The van der Waals surface area contributed by atoms with E-state index in [9.17, 15) is 0 Å². The molecule has 0 atom stereocenters. The van der Waals surface area contributed by atoms with Crippen molar-refractivity contribution in [1.82, 2.24) is 5.32 Å². The molecule has 0 saturated carbocycles. The summed E-state index contributed by atoms with van der Waals surface area (Å²) in [5.74, 6) is 1.11. The minimum Gasteiger partial charge on any atom is -0.490 e. The molecule has 0 unspecified atom stereocenters. The average molecular weight is 232 g/mol. The zero-order valence-corrected chi connectivity index (χ0v) is 10.2. The fourth-order valence-corrected chi connectivity index (χ4v) is 2.71. The minimum absolute atomic E-state index is 0.776. The topological polar surface area (TPSA) is 24.5 Å². The second-order valence-corrected chi connectivity index (χ2v) is 4.84. The van der Waals surface area contributed by atoms with Crippen LogP contribution in [0.2, 0.25) is 0 Å². The van der Waals surface area contributed by atoms with Crippen LogP contribution in [0.4, 0.5) is 5.69 Å². The largest absolute Gasteiger partial charge is 0.490 e. The summed E-state index contributed by atoms with van der Waals surface area (Å²) in [5.41, 5.74) is 2.59. The second-order valence-electron chi connectivity index (χ2n) is 4.84. The first-order chi connectivity index (χ1) is 8.45. The van der Waals surface area contributed by atoms with Gasteiger partial charge in [0, 0.05) is 31.7 Å².